The summed E-state index contributed by atoms with van der Waals surface area (Å²) in [5, 5.41) is 11.9. The summed E-state index contributed by atoms with van der Waals surface area (Å²) in [6, 6.07) is 4.46. The molecule has 0 heterocycles. The Bertz CT molecular complexity index is 342. The van der Waals surface area contributed by atoms with Crippen LogP contribution in [0, 0.1) is 0 Å². The Kier molecular flexibility index (Phi) is 3.73. The maximum Gasteiger partial charge on any atom is 0.225 e. The largest absolute Gasteiger partial charge is 0.506 e. The van der Waals surface area contributed by atoms with Crippen LogP contribution in [-0.4, -0.2) is 17.6 Å². The first-order valence-electron chi connectivity index (χ1n) is 4.12. The van der Waals surface area contributed by atoms with E-state index in [2.05, 4.69) is 5.32 Å². The average molecular weight is 215 g/mol. The molecule has 0 saturated carbocycles. The fourth-order valence-corrected chi connectivity index (χ4v) is 1.12. The van der Waals surface area contributed by atoms with Crippen LogP contribution < -0.4 is 11.1 Å². The molecule has 76 valence electrons. The second-order valence-corrected chi connectivity index (χ2v) is 3.16. The standard InChI is InChI=1S/C9H11ClN2O2/c10-7-5-6(1-2-8(7)13)12-9(14)3-4-11/h1-2,5,13H,3-4,11H2,(H,12,14). The highest BCUT2D eigenvalue weighted by atomic mass is 35.5. The van der Waals surface area contributed by atoms with Gasteiger partial charge in [0.15, 0.2) is 0 Å². The number of aromatic hydroxyl groups is 1. The number of halogens is 1. The SMILES string of the molecule is NCCC(=O)Nc1ccc(O)c(Cl)c1. The van der Waals surface area contributed by atoms with E-state index in [1.807, 2.05) is 0 Å². The maximum absolute atomic E-state index is 11.1. The van der Waals surface area contributed by atoms with Crippen molar-refractivity contribution in [2.24, 2.45) is 5.73 Å². The van der Waals surface area contributed by atoms with Gasteiger partial charge in [-0.3, -0.25) is 4.79 Å². The van der Waals surface area contributed by atoms with Crippen molar-refractivity contribution in [1.82, 2.24) is 0 Å². The molecule has 14 heavy (non-hydrogen) atoms. The van der Waals surface area contributed by atoms with Gasteiger partial charge in [0.2, 0.25) is 5.91 Å². The third kappa shape index (κ3) is 2.90. The number of carbonyl (C=O) groups is 1. The van der Waals surface area contributed by atoms with Gasteiger partial charge in [0.25, 0.3) is 0 Å². The van der Waals surface area contributed by atoms with Crippen LogP contribution in [0.4, 0.5) is 5.69 Å². The van der Waals surface area contributed by atoms with Crippen LogP contribution in [-0.2, 0) is 4.79 Å². The van der Waals surface area contributed by atoms with Crippen LogP contribution in [0.5, 0.6) is 5.75 Å². The average Bonchev–Trinajstić information content (AvgIpc) is 2.12. The summed E-state index contributed by atoms with van der Waals surface area (Å²) in [5.41, 5.74) is 5.76. The van der Waals surface area contributed by atoms with Crippen LogP contribution in [0.1, 0.15) is 6.42 Å². The van der Waals surface area contributed by atoms with Crippen molar-refractivity contribution in [2.75, 3.05) is 11.9 Å². The van der Waals surface area contributed by atoms with E-state index in [1.54, 1.807) is 6.07 Å². The number of rotatable bonds is 3. The molecule has 5 heteroatoms. The van der Waals surface area contributed by atoms with Gasteiger partial charge in [0.05, 0.1) is 5.02 Å². The molecule has 0 aliphatic rings. The maximum atomic E-state index is 11.1. The molecule has 0 fully saturated rings. The minimum Gasteiger partial charge on any atom is -0.506 e. The Balaban J connectivity index is 2.68. The minimum absolute atomic E-state index is 0.0107. The Labute approximate surface area is 86.7 Å². The number of nitrogens with two attached hydrogens (primary N) is 1. The second kappa shape index (κ2) is 4.83. The Hall–Kier alpha value is -1.26. The molecule has 0 atom stereocenters. The van der Waals surface area contributed by atoms with E-state index in [0.29, 0.717) is 12.2 Å². The number of benzene rings is 1. The molecule has 1 amide bonds. The van der Waals surface area contributed by atoms with Gasteiger partial charge in [0, 0.05) is 18.7 Å². The molecule has 1 aromatic rings. The highest BCUT2D eigenvalue weighted by molar-refractivity contribution is 6.32. The summed E-state index contributed by atoms with van der Waals surface area (Å²) >= 11 is 5.65. The topological polar surface area (TPSA) is 75.4 Å². The first kappa shape index (κ1) is 10.8. The zero-order valence-corrected chi connectivity index (χ0v) is 8.21. The van der Waals surface area contributed by atoms with Crippen LogP contribution in [0.3, 0.4) is 0 Å². The Morgan fingerprint density at radius 2 is 2.29 bits per heavy atom. The predicted molar refractivity (Wildman–Crippen MR) is 55.4 cm³/mol. The van der Waals surface area contributed by atoms with E-state index in [4.69, 9.17) is 22.4 Å². The lowest BCUT2D eigenvalue weighted by Crippen LogP contribution is -2.16. The Morgan fingerprint density at radius 3 is 2.86 bits per heavy atom. The summed E-state index contributed by atoms with van der Waals surface area (Å²) < 4.78 is 0. The molecule has 1 rings (SSSR count). The van der Waals surface area contributed by atoms with Gasteiger partial charge in [-0.2, -0.15) is 0 Å². The molecular weight excluding hydrogens is 204 g/mol. The van der Waals surface area contributed by atoms with E-state index in [-0.39, 0.29) is 23.1 Å². The molecule has 0 aliphatic carbocycles. The van der Waals surface area contributed by atoms with E-state index >= 15 is 0 Å². The number of hydrogen-bond acceptors (Lipinski definition) is 3. The number of amides is 1. The molecule has 4 nitrogen and oxygen atoms in total. The highest BCUT2D eigenvalue weighted by Gasteiger charge is 2.03. The van der Waals surface area contributed by atoms with Gasteiger partial charge in [-0.1, -0.05) is 11.6 Å². The van der Waals surface area contributed by atoms with E-state index < -0.39 is 0 Å². The van der Waals surface area contributed by atoms with Crippen molar-refractivity contribution >= 4 is 23.2 Å². The summed E-state index contributed by atoms with van der Waals surface area (Å²) in [6.07, 6.45) is 0.262. The highest BCUT2D eigenvalue weighted by Crippen LogP contribution is 2.25. The Morgan fingerprint density at radius 1 is 1.57 bits per heavy atom. The van der Waals surface area contributed by atoms with Crippen LogP contribution in [0.25, 0.3) is 0 Å². The summed E-state index contributed by atoms with van der Waals surface area (Å²) in [7, 11) is 0. The first-order chi connectivity index (χ1) is 6.63. The van der Waals surface area contributed by atoms with Crippen LogP contribution >= 0.6 is 11.6 Å². The summed E-state index contributed by atoms with van der Waals surface area (Å²) in [6.45, 7) is 0.303. The van der Waals surface area contributed by atoms with Crippen molar-refractivity contribution in [3.63, 3.8) is 0 Å². The molecule has 0 aromatic heterocycles. The quantitative estimate of drug-likeness (QED) is 0.665. The minimum atomic E-state index is -0.172. The smallest absolute Gasteiger partial charge is 0.225 e. The molecule has 1 aromatic carbocycles. The van der Waals surface area contributed by atoms with Gasteiger partial charge >= 0.3 is 0 Å². The lowest BCUT2D eigenvalue weighted by molar-refractivity contribution is -0.116. The molecule has 0 unspecified atom stereocenters. The molecular formula is C9H11ClN2O2. The number of phenols is 1. The van der Waals surface area contributed by atoms with Crippen LogP contribution in [0.2, 0.25) is 5.02 Å². The molecule has 0 aliphatic heterocycles. The lowest BCUT2D eigenvalue weighted by Gasteiger charge is -2.05. The van der Waals surface area contributed by atoms with Crippen molar-refractivity contribution in [3.05, 3.63) is 23.2 Å². The normalized spacial score (nSPS) is 9.86. The number of anilines is 1. The summed E-state index contributed by atoms with van der Waals surface area (Å²) in [5.74, 6) is -0.183. The number of nitrogens with one attached hydrogen (secondary N) is 1. The fraction of sp³-hybridized carbons (Fsp3) is 0.222. The first-order valence-corrected chi connectivity index (χ1v) is 4.49. The summed E-state index contributed by atoms with van der Waals surface area (Å²) in [4.78, 5) is 11.1. The van der Waals surface area contributed by atoms with E-state index in [1.165, 1.54) is 12.1 Å². The van der Waals surface area contributed by atoms with Gasteiger partial charge in [-0.25, -0.2) is 0 Å². The third-order valence-corrected chi connectivity index (χ3v) is 1.91. The number of phenolic OH excluding ortho intramolecular Hbond substituents is 1. The zero-order chi connectivity index (χ0) is 10.6. The number of carbonyl (C=O) groups excluding carboxylic acids is 1. The van der Waals surface area contributed by atoms with E-state index in [9.17, 15) is 4.79 Å². The van der Waals surface area contributed by atoms with Crippen molar-refractivity contribution in [2.45, 2.75) is 6.42 Å². The molecule has 0 radical (unpaired) electrons. The van der Waals surface area contributed by atoms with Gasteiger partial charge < -0.3 is 16.2 Å². The second-order valence-electron chi connectivity index (χ2n) is 2.75. The van der Waals surface area contributed by atoms with Gasteiger partial charge in [-0.05, 0) is 18.2 Å². The van der Waals surface area contributed by atoms with Crippen LogP contribution in [0.15, 0.2) is 18.2 Å². The molecule has 4 N–H and O–H groups in total. The van der Waals surface area contributed by atoms with Crippen molar-refractivity contribution < 1.29 is 9.90 Å². The lowest BCUT2D eigenvalue weighted by atomic mass is 10.3. The number of hydrogen-bond donors (Lipinski definition) is 3. The zero-order valence-electron chi connectivity index (χ0n) is 7.46. The monoisotopic (exact) mass is 214 g/mol. The molecule has 0 spiro atoms. The van der Waals surface area contributed by atoms with Gasteiger partial charge in [0.1, 0.15) is 5.75 Å². The van der Waals surface area contributed by atoms with Crippen molar-refractivity contribution in [3.8, 4) is 5.75 Å². The predicted octanol–water partition coefficient (Wildman–Crippen LogP) is 1.33. The van der Waals surface area contributed by atoms with E-state index in [0.717, 1.165) is 0 Å². The molecule has 0 saturated heterocycles. The van der Waals surface area contributed by atoms with Crippen molar-refractivity contribution in [1.29, 1.82) is 0 Å². The molecule has 0 bridgehead atoms. The third-order valence-electron chi connectivity index (χ3n) is 1.60. The van der Waals surface area contributed by atoms with Gasteiger partial charge in [-0.15, -0.1) is 0 Å². The fourth-order valence-electron chi connectivity index (χ4n) is 0.939.